The Balaban J connectivity index is 2.10. The summed E-state index contributed by atoms with van der Waals surface area (Å²) in [6.07, 6.45) is 4.73. The zero-order chi connectivity index (χ0) is 11.5. The molecule has 0 atom stereocenters. The van der Waals surface area contributed by atoms with E-state index in [2.05, 4.69) is 35.4 Å². The largest absolute Gasteiger partial charge is 0.310 e. The predicted octanol–water partition coefficient (Wildman–Crippen LogP) is 2.21. The van der Waals surface area contributed by atoms with E-state index in [9.17, 15) is 0 Å². The molecule has 0 amide bonds. The summed E-state index contributed by atoms with van der Waals surface area (Å²) < 4.78 is 0. The Morgan fingerprint density at radius 2 is 1.88 bits per heavy atom. The van der Waals surface area contributed by atoms with Crippen LogP contribution in [-0.2, 0) is 12.3 Å². The van der Waals surface area contributed by atoms with Crippen molar-refractivity contribution in [3.8, 4) is 0 Å². The molecule has 1 saturated carbocycles. The second-order valence-electron chi connectivity index (χ2n) is 4.38. The van der Waals surface area contributed by atoms with E-state index in [-0.39, 0.29) is 0 Å². The molecule has 1 fully saturated rings. The van der Waals surface area contributed by atoms with Gasteiger partial charge >= 0.3 is 0 Å². The molecule has 0 saturated heterocycles. The third kappa shape index (κ3) is 2.95. The molecule has 1 aromatic rings. The van der Waals surface area contributed by atoms with Crippen LogP contribution in [0.15, 0.2) is 0 Å². The van der Waals surface area contributed by atoms with Crippen LogP contribution >= 0.6 is 11.8 Å². The Morgan fingerprint density at radius 3 is 2.38 bits per heavy atom. The summed E-state index contributed by atoms with van der Waals surface area (Å²) in [5.74, 6) is 1.86. The molecule has 1 N–H and O–H groups in total. The fourth-order valence-corrected chi connectivity index (χ4v) is 2.18. The third-order valence-electron chi connectivity index (χ3n) is 2.89. The summed E-state index contributed by atoms with van der Waals surface area (Å²) >= 11 is 1.77. The Labute approximate surface area is 101 Å². The summed E-state index contributed by atoms with van der Waals surface area (Å²) in [7, 11) is 0. The molecule has 88 valence electrons. The molecular formula is C12H19N3S. The Kier molecular flexibility index (Phi) is 3.82. The van der Waals surface area contributed by atoms with Crippen molar-refractivity contribution in [3.05, 3.63) is 22.8 Å². The van der Waals surface area contributed by atoms with Crippen molar-refractivity contribution < 1.29 is 0 Å². The van der Waals surface area contributed by atoms with E-state index >= 15 is 0 Å². The van der Waals surface area contributed by atoms with E-state index in [0.717, 1.165) is 35.6 Å². The summed E-state index contributed by atoms with van der Waals surface area (Å²) in [5, 5.41) is 3.52. The van der Waals surface area contributed by atoms with Gasteiger partial charge in [0.05, 0.1) is 5.75 Å². The molecule has 3 nitrogen and oxygen atoms in total. The quantitative estimate of drug-likeness (QED) is 0.852. The molecule has 0 spiro atoms. The van der Waals surface area contributed by atoms with Crippen molar-refractivity contribution in [3.63, 3.8) is 0 Å². The van der Waals surface area contributed by atoms with Gasteiger partial charge in [-0.3, -0.25) is 0 Å². The van der Waals surface area contributed by atoms with Crippen LogP contribution in [0.3, 0.4) is 0 Å². The molecular weight excluding hydrogens is 218 g/mol. The molecule has 0 bridgehead atoms. The number of aryl methyl sites for hydroxylation is 2. The molecule has 1 aromatic heterocycles. The van der Waals surface area contributed by atoms with E-state index in [1.165, 1.54) is 18.4 Å². The molecule has 1 heterocycles. The topological polar surface area (TPSA) is 37.8 Å². The zero-order valence-electron chi connectivity index (χ0n) is 10.2. The molecule has 1 aliphatic carbocycles. The van der Waals surface area contributed by atoms with Crippen LogP contribution < -0.4 is 5.32 Å². The second-order valence-corrected chi connectivity index (χ2v) is 5.24. The first-order valence-corrected chi connectivity index (χ1v) is 7.15. The number of thioether (sulfide) groups is 1. The van der Waals surface area contributed by atoms with Crippen molar-refractivity contribution in [1.82, 2.24) is 15.3 Å². The van der Waals surface area contributed by atoms with Gasteiger partial charge in [0.15, 0.2) is 0 Å². The minimum absolute atomic E-state index is 0.740. The minimum atomic E-state index is 0.740. The fraction of sp³-hybridized carbons (Fsp3) is 0.667. The van der Waals surface area contributed by atoms with Gasteiger partial charge < -0.3 is 5.32 Å². The van der Waals surface area contributed by atoms with Crippen molar-refractivity contribution in [2.45, 2.75) is 45.0 Å². The average molecular weight is 237 g/mol. The van der Waals surface area contributed by atoms with Crippen LogP contribution in [0.1, 0.15) is 35.6 Å². The fourth-order valence-electron chi connectivity index (χ4n) is 1.79. The lowest BCUT2D eigenvalue weighted by Crippen LogP contribution is -2.18. The highest BCUT2D eigenvalue weighted by Gasteiger charge is 2.21. The number of hydrogen-bond donors (Lipinski definition) is 1. The Morgan fingerprint density at radius 1 is 1.25 bits per heavy atom. The maximum atomic E-state index is 4.55. The van der Waals surface area contributed by atoms with Crippen molar-refractivity contribution in [1.29, 1.82) is 0 Å². The number of rotatable bonds is 5. The second kappa shape index (κ2) is 5.15. The van der Waals surface area contributed by atoms with E-state index < -0.39 is 0 Å². The van der Waals surface area contributed by atoms with Gasteiger partial charge in [-0.15, -0.1) is 0 Å². The molecule has 2 rings (SSSR count). The van der Waals surface area contributed by atoms with E-state index in [1.54, 1.807) is 11.8 Å². The van der Waals surface area contributed by atoms with Gasteiger partial charge in [0.25, 0.3) is 0 Å². The summed E-state index contributed by atoms with van der Waals surface area (Å²) in [4.78, 5) is 9.10. The highest BCUT2D eigenvalue weighted by molar-refractivity contribution is 7.97. The highest BCUT2D eigenvalue weighted by atomic mass is 32.2. The van der Waals surface area contributed by atoms with Gasteiger partial charge in [-0.25, -0.2) is 9.97 Å². The smallest absolute Gasteiger partial charge is 0.138 e. The third-order valence-corrected chi connectivity index (χ3v) is 3.43. The number of nitrogens with one attached hydrogen (secondary N) is 1. The van der Waals surface area contributed by atoms with Crippen molar-refractivity contribution in [2.24, 2.45) is 0 Å². The van der Waals surface area contributed by atoms with E-state index in [1.807, 2.05) is 0 Å². The SMILES string of the molecule is CSCc1nc(C)c(CNC2CC2)c(C)n1. The van der Waals surface area contributed by atoms with Gasteiger partial charge in [-0.1, -0.05) is 0 Å². The van der Waals surface area contributed by atoms with Crippen LogP contribution in [0.4, 0.5) is 0 Å². The molecule has 0 unspecified atom stereocenters. The van der Waals surface area contributed by atoms with Crippen molar-refractivity contribution in [2.75, 3.05) is 6.26 Å². The van der Waals surface area contributed by atoms with Gasteiger partial charge in [-0.2, -0.15) is 11.8 Å². The summed E-state index contributed by atoms with van der Waals surface area (Å²) in [5.41, 5.74) is 3.53. The van der Waals surface area contributed by atoms with Crippen molar-refractivity contribution >= 4 is 11.8 Å². The lowest BCUT2D eigenvalue weighted by molar-refractivity contribution is 0.673. The van der Waals surface area contributed by atoms with Gasteiger partial charge in [-0.05, 0) is 32.9 Å². The normalized spacial score (nSPS) is 15.4. The van der Waals surface area contributed by atoms with E-state index in [0.29, 0.717) is 0 Å². The average Bonchev–Trinajstić information content (AvgIpc) is 3.00. The minimum Gasteiger partial charge on any atom is -0.310 e. The summed E-state index contributed by atoms with van der Waals surface area (Å²) in [6.45, 7) is 5.09. The first-order valence-electron chi connectivity index (χ1n) is 5.76. The van der Waals surface area contributed by atoms with Gasteiger partial charge in [0, 0.05) is 29.5 Å². The van der Waals surface area contributed by atoms with Crippen LogP contribution in [0, 0.1) is 13.8 Å². The molecule has 16 heavy (non-hydrogen) atoms. The molecule has 0 aliphatic heterocycles. The van der Waals surface area contributed by atoms with Crippen LogP contribution in [0.2, 0.25) is 0 Å². The number of hydrogen-bond acceptors (Lipinski definition) is 4. The standard InChI is InChI=1S/C12H19N3S/c1-8-11(6-13-10-4-5-10)9(2)15-12(14-8)7-16-3/h10,13H,4-7H2,1-3H3. The molecule has 0 aromatic carbocycles. The lowest BCUT2D eigenvalue weighted by Gasteiger charge is -2.11. The number of nitrogens with zero attached hydrogens (tertiary/aromatic N) is 2. The van der Waals surface area contributed by atoms with Crippen LogP contribution in [0.5, 0.6) is 0 Å². The summed E-state index contributed by atoms with van der Waals surface area (Å²) in [6, 6.07) is 0.740. The van der Waals surface area contributed by atoms with Crippen LogP contribution in [-0.4, -0.2) is 22.3 Å². The first kappa shape index (κ1) is 11.9. The highest BCUT2D eigenvalue weighted by Crippen LogP contribution is 2.20. The van der Waals surface area contributed by atoms with Crippen LogP contribution in [0.25, 0.3) is 0 Å². The molecule has 4 heteroatoms. The Hall–Kier alpha value is -0.610. The lowest BCUT2D eigenvalue weighted by atomic mass is 10.1. The molecule has 0 radical (unpaired) electrons. The predicted molar refractivity (Wildman–Crippen MR) is 68.6 cm³/mol. The molecule has 1 aliphatic rings. The first-order chi connectivity index (χ1) is 7.70. The number of aromatic nitrogens is 2. The maximum absolute atomic E-state index is 4.55. The van der Waals surface area contributed by atoms with Gasteiger partial charge in [0.2, 0.25) is 0 Å². The van der Waals surface area contributed by atoms with Gasteiger partial charge in [0.1, 0.15) is 5.82 Å². The van der Waals surface area contributed by atoms with E-state index in [4.69, 9.17) is 0 Å². The monoisotopic (exact) mass is 237 g/mol. The zero-order valence-corrected chi connectivity index (χ0v) is 11.0. The Bertz CT molecular complexity index is 352. The maximum Gasteiger partial charge on any atom is 0.138 e.